The number of halogens is 1. The second-order valence-corrected chi connectivity index (χ2v) is 8.14. The molecule has 1 aliphatic carbocycles. The molecule has 1 aliphatic heterocycles. The van der Waals surface area contributed by atoms with Crippen molar-refractivity contribution in [3.05, 3.63) is 59.9 Å². The molecule has 0 aromatic heterocycles. The molecule has 31 heavy (non-hydrogen) atoms. The summed E-state index contributed by atoms with van der Waals surface area (Å²) < 4.78 is 14.1. The maximum atomic E-state index is 14.1. The highest BCUT2D eigenvalue weighted by atomic mass is 19.1. The van der Waals surface area contributed by atoms with Crippen molar-refractivity contribution in [2.24, 2.45) is 10.9 Å². The fourth-order valence-corrected chi connectivity index (χ4v) is 4.05. The van der Waals surface area contributed by atoms with Crippen molar-refractivity contribution in [2.45, 2.75) is 25.8 Å². The van der Waals surface area contributed by atoms with E-state index in [4.69, 9.17) is 0 Å². The Morgan fingerprint density at radius 3 is 2.55 bits per heavy atom. The highest BCUT2D eigenvalue weighted by Gasteiger charge is 2.25. The van der Waals surface area contributed by atoms with Gasteiger partial charge < -0.3 is 20.4 Å². The van der Waals surface area contributed by atoms with Crippen LogP contribution in [0.25, 0.3) is 0 Å². The van der Waals surface area contributed by atoms with Crippen molar-refractivity contribution in [1.82, 2.24) is 10.2 Å². The van der Waals surface area contributed by atoms with Gasteiger partial charge in [0.05, 0.1) is 5.69 Å². The number of aliphatic imine (C=N–C) groups is 1. The molecule has 0 spiro atoms. The highest BCUT2D eigenvalue weighted by molar-refractivity contribution is 5.93. The number of nitrogens with zero attached hydrogens (tertiary/aromatic N) is 3. The maximum absolute atomic E-state index is 14.1. The van der Waals surface area contributed by atoms with Crippen LogP contribution in [0, 0.1) is 11.7 Å². The van der Waals surface area contributed by atoms with Crippen LogP contribution in [-0.4, -0.2) is 50.0 Å². The number of benzene rings is 2. The van der Waals surface area contributed by atoms with Gasteiger partial charge in [0.15, 0.2) is 5.96 Å². The lowest BCUT2D eigenvalue weighted by Gasteiger charge is -2.37. The molecule has 2 aromatic rings. The van der Waals surface area contributed by atoms with E-state index in [0.717, 1.165) is 62.7 Å². The molecule has 4 rings (SSSR count). The monoisotopic (exact) mass is 423 g/mol. The summed E-state index contributed by atoms with van der Waals surface area (Å²) in [7, 11) is 1.78. The summed E-state index contributed by atoms with van der Waals surface area (Å²) in [5.74, 6) is 0.948. The molecule has 2 aromatic carbocycles. The minimum atomic E-state index is -0.178. The smallest absolute Gasteiger partial charge is 0.227 e. The molecule has 7 heteroatoms. The van der Waals surface area contributed by atoms with Crippen LogP contribution in [0.1, 0.15) is 24.8 Å². The summed E-state index contributed by atoms with van der Waals surface area (Å²) in [6.45, 7) is 3.64. The number of rotatable bonds is 5. The van der Waals surface area contributed by atoms with Crippen LogP contribution in [-0.2, 0) is 11.3 Å². The normalized spacial score (nSPS) is 17.3. The molecule has 0 bridgehead atoms. The summed E-state index contributed by atoms with van der Waals surface area (Å²) in [4.78, 5) is 20.9. The first-order valence-electron chi connectivity index (χ1n) is 11.0. The Labute approximate surface area is 183 Å². The van der Waals surface area contributed by atoms with E-state index in [1.165, 1.54) is 6.07 Å². The number of nitrogens with one attached hydrogen (secondary N) is 2. The van der Waals surface area contributed by atoms with Crippen LogP contribution in [0.2, 0.25) is 0 Å². The molecule has 164 valence electrons. The van der Waals surface area contributed by atoms with Gasteiger partial charge in [0.1, 0.15) is 5.82 Å². The van der Waals surface area contributed by atoms with E-state index >= 15 is 0 Å². The Morgan fingerprint density at radius 1 is 1.10 bits per heavy atom. The Balaban J connectivity index is 1.29. The summed E-state index contributed by atoms with van der Waals surface area (Å²) in [5.41, 5.74) is 2.58. The first-order chi connectivity index (χ1) is 15.1. The molecule has 1 saturated heterocycles. The van der Waals surface area contributed by atoms with E-state index in [0.29, 0.717) is 12.2 Å². The molecule has 2 fully saturated rings. The number of guanidine groups is 1. The molecule has 0 atom stereocenters. The van der Waals surface area contributed by atoms with E-state index in [2.05, 4.69) is 25.4 Å². The Kier molecular flexibility index (Phi) is 6.70. The third kappa shape index (κ3) is 5.16. The van der Waals surface area contributed by atoms with Crippen molar-refractivity contribution in [2.75, 3.05) is 43.4 Å². The number of hydrogen-bond donors (Lipinski definition) is 2. The van der Waals surface area contributed by atoms with Crippen LogP contribution >= 0.6 is 0 Å². The molecule has 1 amide bonds. The minimum Gasteiger partial charge on any atom is -0.366 e. The molecule has 0 unspecified atom stereocenters. The summed E-state index contributed by atoms with van der Waals surface area (Å²) >= 11 is 0. The number of carbonyl (C=O) groups is 1. The first kappa shape index (κ1) is 21.2. The molecule has 6 nitrogen and oxygen atoms in total. The average Bonchev–Trinajstić information content (AvgIpc) is 2.74. The third-order valence-corrected chi connectivity index (χ3v) is 6.11. The predicted molar refractivity (Wildman–Crippen MR) is 123 cm³/mol. The number of carbonyl (C=O) groups excluding carboxylic acids is 1. The standard InChI is InChI=1S/C24H30FN5O/c1-26-24(30-14-12-29(13-15-30)22-11-3-2-10-21(22)25)27-17-18-6-4-9-20(16-18)28-23(31)19-7-5-8-19/h2-4,6,9-11,16,19H,5,7-8,12-15,17H2,1H3,(H,26,27)(H,28,31). The van der Waals surface area contributed by atoms with Crippen LogP contribution in [0.5, 0.6) is 0 Å². The number of amides is 1. The van der Waals surface area contributed by atoms with Crippen molar-refractivity contribution in [3.8, 4) is 0 Å². The second-order valence-electron chi connectivity index (χ2n) is 8.14. The van der Waals surface area contributed by atoms with E-state index < -0.39 is 0 Å². The zero-order valence-electron chi connectivity index (χ0n) is 18.0. The largest absolute Gasteiger partial charge is 0.366 e. The maximum Gasteiger partial charge on any atom is 0.227 e. The van der Waals surface area contributed by atoms with Gasteiger partial charge in [-0.05, 0) is 42.7 Å². The number of piperazine rings is 1. The quantitative estimate of drug-likeness (QED) is 0.571. The summed E-state index contributed by atoms with van der Waals surface area (Å²) in [6.07, 6.45) is 3.14. The lowest BCUT2D eigenvalue weighted by Crippen LogP contribution is -2.52. The van der Waals surface area contributed by atoms with Crippen molar-refractivity contribution in [1.29, 1.82) is 0 Å². The fraction of sp³-hybridized carbons (Fsp3) is 0.417. The van der Waals surface area contributed by atoms with E-state index in [1.807, 2.05) is 36.4 Å². The van der Waals surface area contributed by atoms with Crippen molar-refractivity contribution >= 4 is 23.2 Å². The molecule has 0 radical (unpaired) electrons. The van der Waals surface area contributed by atoms with Crippen molar-refractivity contribution < 1.29 is 9.18 Å². The van der Waals surface area contributed by atoms with Gasteiger partial charge in [-0.15, -0.1) is 0 Å². The van der Waals surface area contributed by atoms with Gasteiger partial charge in [0.25, 0.3) is 0 Å². The fourth-order valence-electron chi connectivity index (χ4n) is 4.05. The van der Waals surface area contributed by atoms with E-state index in [1.54, 1.807) is 13.1 Å². The zero-order chi connectivity index (χ0) is 21.6. The molecular formula is C24H30FN5O. The van der Waals surface area contributed by atoms with Crippen LogP contribution in [0.4, 0.5) is 15.8 Å². The number of para-hydroxylation sites is 1. The second kappa shape index (κ2) is 9.81. The molecule has 2 aliphatic rings. The van der Waals surface area contributed by atoms with Gasteiger partial charge in [-0.2, -0.15) is 0 Å². The van der Waals surface area contributed by atoms with Crippen molar-refractivity contribution in [3.63, 3.8) is 0 Å². The minimum absolute atomic E-state index is 0.125. The van der Waals surface area contributed by atoms with Gasteiger partial charge in [-0.1, -0.05) is 30.7 Å². The topological polar surface area (TPSA) is 60.0 Å². The first-order valence-corrected chi connectivity index (χ1v) is 11.0. The molecule has 1 heterocycles. The number of hydrogen-bond acceptors (Lipinski definition) is 3. The Bertz CT molecular complexity index is 935. The van der Waals surface area contributed by atoms with Gasteiger partial charge >= 0.3 is 0 Å². The van der Waals surface area contributed by atoms with E-state index in [-0.39, 0.29) is 17.6 Å². The van der Waals surface area contributed by atoms with Crippen LogP contribution in [0.15, 0.2) is 53.5 Å². The SMILES string of the molecule is CN=C(NCc1cccc(NC(=O)C2CCC2)c1)N1CCN(c2ccccc2F)CC1. The lowest BCUT2D eigenvalue weighted by atomic mass is 9.85. The van der Waals surface area contributed by atoms with Crippen LogP contribution < -0.4 is 15.5 Å². The molecule has 2 N–H and O–H groups in total. The molecular weight excluding hydrogens is 393 g/mol. The van der Waals surface area contributed by atoms with Gasteiger partial charge in [0.2, 0.25) is 5.91 Å². The number of anilines is 2. The van der Waals surface area contributed by atoms with E-state index in [9.17, 15) is 9.18 Å². The van der Waals surface area contributed by atoms with Gasteiger partial charge in [-0.3, -0.25) is 9.79 Å². The predicted octanol–water partition coefficient (Wildman–Crippen LogP) is 3.46. The Morgan fingerprint density at radius 2 is 1.87 bits per heavy atom. The highest BCUT2D eigenvalue weighted by Crippen LogP contribution is 2.27. The Hall–Kier alpha value is -3.09. The summed E-state index contributed by atoms with van der Waals surface area (Å²) in [5, 5.41) is 6.45. The third-order valence-electron chi connectivity index (χ3n) is 6.11. The van der Waals surface area contributed by atoms with Gasteiger partial charge in [0, 0.05) is 51.4 Å². The lowest BCUT2D eigenvalue weighted by molar-refractivity contribution is -0.122. The van der Waals surface area contributed by atoms with Gasteiger partial charge in [-0.25, -0.2) is 4.39 Å². The average molecular weight is 424 g/mol. The molecule has 1 saturated carbocycles. The van der Waals surface area contributed by atoms with Crippen LogP contribution in [0.3, 0.4) is 0 Å². The zero-order valence-corrected chi connectivity index (χ0v) is 18.0. The summed E-state index contributed by atoms with van der Waals surface area (Å²) in [6, 6.07) is 14.9.